The fraction of sp³-hybridized carbons (Fsp3) is 0.706. The average Bonchev–Trinajstić information content (AvgIpc) is 2.53. The summed E-state index contributed by atoms with van der Waals surface area (Å²) in [5.41, 5.74) is 6.43. The molecule has 1 aliphatic rings. The summed E-state index contributed by atoms with van der Waals surface area (Å²) in [6, 6.07) is 3.97. The van der Waals surface area contributed by atoms with Gasteiger partial charge >= 0.3 is 0 Å². The van der Waals surface area contributed by atoms with Crippen LogP contribution in [0.15, 0.2) is 18.3 Å². The molecule has 1 unspecified atom stereocenters. The number of nitrogens with two attached hydrogens (primary N) is 1. The molecule has 21 heavy (non-hydrogen) atoms. The maximum Gasteiger partial charge on any atom is 0.128 e. The Balaban J connectivity index is 1.78. The first-order valence-corrected chi connectivity index (χ1v) is 8.41. The SMILES string of the molecule is CCCCC(CC)CN1CCN(c2ccc(N)cn2)CC1. The molecule has 0 radical (unpaired) electrons. The van der Waals surface area contributed by atoms with Crippen molar-refractivity contribution in [2.75, 3.05) is 43.4 Å². The molecule has 0 saturated carbocycles. The molecule has 0 aromatic carbocycles. The molecule has 1 fully saturated rings. The summed E-state index contributed by atoms with van der Waals surface area (Å²) in [5, 5.41) is 0. The highest BCUT2D eigenvalue weighted by Crippen LogP contribution is 2.18. The number of aromatic nitrogens is 1. The van der Waals surface area contributed by atoms with Crippen LogP contribution in [-0.2, 0) is 0 Å². The fourth-order valence-corrected chi connectivity index (χ4v) is 3.03. The van der Waals surface area contributed by atoms with Gasteiger partial charge in [0.25, 0.3) is 0 Å². The van der Waals surface area contributed by atoms with Crippen molar-refractivity contribution >= 4 is 11.5 Å². The van der Waals surface area contributed by atoms with Gasteiger partial charge in [-0.3, -0.25) is 4.90 Å². The Morgan fingerprint density at radius 3 is 2.52 bits per heavy atom. The van der Waals surface area contributed by atoms with Crippen LogP contribution < -0.4 is 10.6 Å². The van der Waals surface area contributed by atoms with Crippen LogP contribution in [0.5, 0.6) is 0 Å². The maximum atomic E-state index is 5.70. The summed E-state index contributed by atoms with van der Waals surface area (Å²) in [5.74, 6) is 1.92. The second kappa shape index (κ2) is 8.23. The highest BCUT2D eigenvalue weighted by atomic mass is 15.3. The molecule has 1 atom stereocenters. The van der Waals surface area contributed by atoms with Gasteiger partial charge in [0.05, 0.1) is 11.9 Å². The summed E-state index contributed by atoms with van der Waals surface area (Å²) in [7, 11) is 0. The van der Waals surface area contributed by atoms with Gasteiger partial charge in [0.1, 0.15) is 5.82 Å². The second-order valence-corrected chi connectivity index (χ2v) is 6.15. The minimum absolute atomic E-state index is 0.735. The molecule has 0 bridgehead atoms. The molecule has 4 nitrogen and oxygen atoms in total. The summed E-state index contributed by atoms with van der Waals surface area (Å²) < 4.78 is 0. The quantitative estimate of drug-likeness (QED) is 0.838. The number of nitrogen functional groups attached to an aromatic ring is 1. The molecule has 0 aliphatic carbocycles. The zero-order valence-corrected chi connectivity index (χ0v) is 13.6. The van der Waals surface area contributed by atoms with E-state index in [4.69, 9.17) is 5.73 Å². The minimum Gasteiger partial charge on any atom is -0.397 e. The number of nitrogens with zero attached hydrogens (tertiary/aromatic N) is 3. The molecular weight excluding hydrogens is 260 g/mol. The van der Waals surface area contributed by atoms with Crippen LogP contribution >= 0.6 is 0 Å². The van der Waals surface area contributed by atoms with Crippen LogP contribution in [0.1, 0.15) is 39.5 Å². The standard InChI is InChI=1S/C17H30N4/c1-3-5-6-15(4-2)14-20-9-11-21(12-10-20)17-8-7-16(18)13-19-17/h7-8,13,15H,3-6,9-12,14,18H2,1-2H3. The minimum atomic E-state index is 0.735. The molecule has 2 heterocycles. The van der Waals surface area contributed by atoms with E-state index >= 15 is 0 Å². The summed E-state index contributed by atoms with van der Waals surface area (Å²) >= 11 is 0. The molecule has 1 aromatic heterocycles. The number of unbranched alkanes of at least 4 members (excludes halogenated alkanes) is 1. The number of hydrogen-bond donors (Lipinski definition) is 1. The molecule has 1 aromatic rings. The molecule has 0 spiro atoms. The predicted octanol–water partition coefficient (Wildman–Crippen LogP) is 3.00. The Hall–Kier alpha value is -1.29. The maximum absolute atomic E-state index is 5.70. The van der Waals surface area contributed by atoms with Crippen LogP contribution in [0, 0.1) is 5.92 Å². The van der Waals surface area contributed by atoms with Crippen molar-refractivity contribution in [3.63, 3.8) is 0 Å². The molecule has 1 aliphatic heterocycles. The molecule has 2 N–H and O–H groups in total. The molecule has 0 amide bonds. The van der Waals surface area contributed by atoms with Gasteiger partial charge in [-0.1, -0.05) is 33.1 Å². The van der Waals surface area contributed by atoms with E-state index in [1.807, 2.05) is 12.1 Å². The van der Waals surface area contributed by atoms with Crippen LogP contribution in [0.4, 0.5) is 11.5 Å². The molecule has 118 valence electrons. The fourth-order valence-electron chi connectivity index (χ4n) is 3.03. The molecular formula is C17H30N4. The Morgan fingerprint density at radius 2 is 1.95 bits per heavy atom. The van der Waals surface area contributed by atoms with Crippen LogP contribution in [-0.4, -0.2) is 42.6 Å². The molecule has 1 saturated heterocycles. The summed E-state index contributed by atoms with van der Waals surface area (Å²) in [6.45, 7) is 10.3. The van der Waals surface area contributed by atoms with Crippen molar-refractivity contribution in [3.8, 4) is 0 Å². The topological polar surface area (TPSA) is 45.4 Å². The van der Waals surface area contributed by atoms with E-state index in [9.17, 15) is 0 Å². The van der Waals surface area contributed by atoms with Crippen molar-refractivity contribution in [2.45, 2.75) is 39.5 Å². The van der Waals surface area contributed by atoms with Crippen molar-refractivity contribution in [1.29, 1.82) is 0 Å². The highest BCUT2D eigenvalue weighted by Gasteiger charge is 2.20. The van der Waals surface area contributed by atoms with Crippen LogP contribution in [0.3, 0.4) is 0 Å². The van der Waals surface area contributed by atoms with Crippen molar-refractivity contribution in [2.24, 2.45) is 5.92 Å². The average molecular weight is 290 g/mol. The number of pyridine rings is 1. The smallest absolute Gasteiger partial charge is 0.128 e. The van der Waals surface area contributed by atoms with Gasteiger partial charge in [0.2, 0.25) is 0 Å². The lowest BCUT2D eigenvalue weighted by atomic mass is 9.98. The van der Waals surface area contributed by atoms with Crippen LogP contribution in [0.25, 0.3) is 0 Å². The van der Waals surface area contributed by atoms with E-state index in [1.165, 1.54) is 32.2 Å². The number of hydrogen-bond acceptors (Lipinski definition) is 4. The van der Waals surface area contributed by atoms with Gasteiger partial charge in [-0.05, 0) is 24.5 Å². The van der Waals surface area contributed by atoms with Gasteiger partial charge < -0.3 is 10.6 Å². The van der Waals surface area contributed by atoms with E-state index < -0.39 is 0 Å². The third-order valence-corrected chi connectivity index (χ3v) is 4.53. The number of rotatable bonds is 7. The first-order valence-electron chi connectivity index (χ1n) is 8.41. The van der Waals surface area contributed by atoms with Gasteiger partial charge in [0.15, 0.2) is 0 Å². The summed E-state index contributed by atoms with van der Waals surface area (Å²) in [4.78, 5) is 9.41. The Morgan fingerprint density at radius 1 is 1.19 bits per heavy atom. The molecule has 4 heteroatoms. The predicted molar refractivity (Wildman–Crippen MR) is 90.6 cm³/mol. The van der Waals surface area contributed by atoms with Gasteiger partial charge in [-0.2, -0.15) is 0 Å². The van der Waals surface area contributed by atoms with Crippen molar-refractivity contribution < 1.29 is 0 Å². The van der Waals surface area contributed by atoms with Crippen LogP contribution in [0.2, 0.25) is 0 Å². The van der Waals surface area contributed by atoms with Gasteiger partial charge in [0, 0.05) is 32.7 Å². The monoisotopic (exact) mass is 290 g/mol. The summed E-state index contributed by atoms with van der Waals surface area (Å²) in [6.07, 6.45) is 7.12. The lowest BCUT2D eigenvalue weighted by molar-refractivity contribution is 0.208. The second-order valence-electron chi connectivity index (χ2n) is 6.15. The number of anilines is 2. The van der Waals surface area contributed by atoms with E-state index in [0.29, 0.717) is 0 Å². The lowest BCUT2D eigenvalue weighted by Crippen LogP contribution is -2.48. The highest BCUT2D eigenvalue weighted by molar-refractivity contribution is 5.46. The molecule has 2 rings (SSSR count). The normalized spacial score (nSPS) is 17.9. The van der Waals surface area contributed by atoms with E-state index in [2.05, 4.69) is 28.6 Å². The zero-order valence-electron chi connectivity index (χ0n) is 13.6. The van der Waals surface area contributed by atoms with Crippen molar-refractivity contribution in [3.05, 3.63) is 18.3 Å². The Labute approximate surface area is 129 Å². The largest absolute Gasteiger partial charge is 0.397 e. The third-order valence-electron chi connectivity index (χ3n) is 4.53. The van der Waals surface area contributed by atoms with E-state index in [0.717, 1.165) is 43.6 Å². The Bertz CT molecular complexity index is 396. The van der Waals surface area contributed by atoms with Crippen molar-refractivity contribution in [1.82, 2.24) is 9.88 Å². The van der Waals surface area contributed by atoms with E-state index in [1.54, 1.807) is 6.20 Å². The third kappa shape index (κ3) is 4.88. The first-order chi connectivity index (χ1) is 10.2. The zero-order chi connectivity index (χ0) is 15.1. The van der Waals surface area contributed by atoms with Gasteiger partial charge in [-0.15, -0.1) is 0 Å². The lowest BCUT2D eigenvalue weighted by Gasteiger charge is -2.37. The Kier molecular flexibility index (Phi) is 6.30. The number of piperazine rings is 1. The van der Waals surface area contributed by atoms with Gasteiger partial charge in [-0.25, -0.2) is 4.98 Å². The van der Waals surface area contributed by atoms with E-state index in [-0.39, 0.29) is 0 Å². The first kappa shape index (κ1) is 16.1.